The van der Waals surface area contributed by atoms with Crippen molar-refractivity contribution in [3.8, 4) is 5.75 Å². The largest absolute Gasteiger partial charge is 0.619 e. The van der Waals surface area contributed by atoms with E-state index in [-0.39, 0.29) is 5.78 Å². The molecule has 0 saturated heterocycles. The molecule has 4 nitrogen and oxygen atoms in total. The maximum Gasteiger partial charge on any atom is 0.191 e. The third-order valence-electron chi connectivity index (χ3n) is 2.60. The Kier molecular flexibility index (Phi) is 3.93. The van der Waals surface area contributed by atoms with Crippen LogP contribution in [0.1, 0.15) is 15.9 Å². The fraction of sp³-hybridized carbons (Fsp3) is 0.0667. The van der Waals surface area contributed by atoms with Gasteiger partial charge in [-0.15, -0.1) is 0 Å². The number of ether oxygens (including phenoxy) is 1. The number of aromatic nitrogens is 1. The molecule has 1 aromatic carbocycles. The second-order valence-electron chi connectivity index (χ2n) is 3.92. The Bertz CT molecular complexity index is 603. The summed E-state index contributed by atoms with van der Waals surface area (Å²) in [6.07, 6.45) is 5.73. The molecule has 4 heteroatoms. The van der Waals surface area contributed by atoms with Crippen molar-refractivity contribution < 1.29 is 14.3 Å². The first-order valence-electron chi connectivity index (χ1n) is 5.74. The summed E-state index contributed by atoms with van der Waals surface area (Å²) < 4.78 is 5.65. The Labute approximate surface area is 111 Å². The van der Waals surface area contributed by atoms with Crippen LogP contribution in [-0.2, 0) is 0 Å². The highest BCUT2D eigenvalue weighted by Gasteiger charge is 2.04. The zero-order valence-corrected chi connectivity index (χ0v) is 10.4. The smallest absolute Gasteiger partial charge is 0.191 e. The van der Waals surface area contributed by atoms with Gasteiger partial charge in [-0.2, -0.15) is 4.73 Å². The van der Waals surface area contributed by atoms with Crippen LogP contribution in [0.3, 0.4) is 0 Å². The quantitative estimate of drug-likeness (QED) is 0.364. The summed E-state index contributed by atoms with van der Waals surface area (Å²) in [5.41, 5.74) is 1.25. The molecular weight excluding hydrogens is 242 g/mol. The predicted octanol–water partition coefficient (Wildman–Crippen LogP) is 2.22. The number of hydrogen-bond acceptors (Lipinski definition) is 3. The first-order valence-corrected chi connectivity index (χ1v) is 5.74. The van der Waals surface area contributed by atoms with E-state index in [2.05, 4.69) is 0 Å². The molecule has 96 valence electrons. The van der Waals surface area contributed by atoms with Crippen LogP contribution >= 0.6 is 0 Å². The van der Waals surface area contributed by atoms with Crippen LogP contribution in [0.15, 0.2) is 54.9 Å². The van der Waals surface area contributed by atoms with Crippen LogP contribution in [0.2, 0.25) is 0 Å². The second-order valence-corrected chi connectivity index (χ2v) is 3.92. The molecule has 2 rings (SSSR count). The van der Waals surface area contributed by atoms with Gasteiger partial charge in [0.05, 0.1) is 12.7 Å². The number of nitrogens with zero attached hydrogens (tertiary/aromatic N) is 1. The van der Waals surface area contributed by atoms with Crippen molar-refractivity contribution in [3.05, 3.63) is 71.2 Å². The minimum atomic E-state index is -0.207. The maximum atomic E-state index is 11.8. The number of methoxy groups -OCH3 is 1. The summed E-state index contributed by atoms with van der Waals surface area (Å²) in [4.78, 5) is 11.8. The molecule has 0 aliphatic carbocycles. The highest BCUT2D eigenvalue weighted by Crippen LogP contribution is 2.12. The molecule has 1 aromatic heterocycles. The van der Waals surface area contributed by atoms with Gasteiger partial charge in [0.1, 0.15) is 5.75 Å². The van der Waals surface area contributed by atoms with Crippen molar-refractivity contribution in [1.29, 1.82) is 0 Å². The Morgan fingerprint density at radius 2 is 2.00 bits per heavy atom. The summed E-state index contributed by atoms with van der Waals surface area (Å²) in [6.45, 7) is 0. The lowest BCUT2D eigenvalue weighted by atomic mass is 10.1. The number of carbonyl (C=O) groups is 1. The number of carbonyl (C=O) groups excluding carboxylic acids is 1. The molecule has 1 heterocycles. The van der Waals surface area contributed by atoms with E-state index >= 15 is 0 Å². The summed E-state index contributed by atoms with van der Waals surface area (Å²) in [5.74, 6) is 0.556. The molecule has 0 amide bonds. The zero-order valence-electron chi connectivity index (χ0n) is 10.4. The summed E-state index contributed by atoms with van der Waals surface area (Å²) in [5, 5.41) is 11.1. The van der Waals surface area contributed by atoms with E-state index < -0.39 is 0 Å². The van der Waals surface area contributed by atoms with E-state index in [0.717, 1.165) is 11.3 Å². The van der Waals surface area contributed by atoms with E-state index in [0.29, 0.717) is 10.3 Å². The molecule has 0 atom stereocenters. The lowest BCUT2D eigenvalue weighted by molar-refractivity contribution is -0.605. The van der Waals surface area contributed by atoms with Gasteiger partial charge < -0.3 is 9.94 Å². The minimum absolute atomic E-state index is 0.207. The van der Waals surface area contributed by atoms with Gasteiger partial charge in [-0.1, -0.05) is 18.2 Å². The van der Waals surface area contributed by atoms with Gasteiger partial charge in [0.15, 0.2) is 18.2 Å². The Balaban J connectivity index is 2.11. The molecule has 0 unspecified atom stereocenters. The fourth-order valence-electron chi connectivity index (χ4n) is 1.58. The number of hydrogen-bond donors (Lipinski definition) is 0. The summed E-state index contributed by atoms with van der Waals surface area (Å²) in [6, 6.07) is 10.5. The predicted molar refractivity (Wildman–Crippen MR) is 71.8 cm³/mol. The van der Waals surface area contributed by atoms with Crippen molar-refractivity contribution in [1.82, 2.24) is 0 Å². The first-order chi connectivity index (χ1) is 9.19. The number of allylic oxidation sites excluding steroid dienone is 1. The van der Waals surface area contributed by atoms with Crippen LogP contribution in [0, 0.1) is 5.21 Å². The topological polar surface area (TPSA) is 53.2 Å². The van der Waals surface area contributed by atoms with Crippen molar-refractivity contribution in [2.45, 2.75) is 0 Å². The molecule has 2 aromatic rings. The van der Waals surface area contributed by atoms with Gasteiger partial charge in [0.2, 0.25) is 0 Å². The maximum absolute atomic E-state index is 11.8. The van der Waals surface area contributed by atoms with Crippen LogP contribution in [0.4, 0.5) is 0 Å². The average molecular weight is 255 g/mol. The normalized spacial score (nSPS) is 10.6. The third kappa shape index (κ3) is 3.42. The van der Waals surface area contributed by atoms with Gasteiger partial charge in [0.25, 0.3) is 0 Å². The molecule has 19 heavy (non-hydrogen) atoms. The molecule has 0 N–H and O–H groups in total. The molecule has 0 aliphatic heterocycles. The Morgan fingerprint density at radius 1 is 1.26 bits per heavy atom. The molecule has 0 spiro atoms. The summed E-state index contributed by atoms with van der Waals surface area (Å²) >= 11 is 0. The van der Waals surface area contributed by atoms with Gasteiger partial charge in [0, 0.05) is 6.07 Å². The van der Waals surface area contributed by atoms with Crippen LogP contribution in [-0.4, -0.2) is 12.9 Å². The van der Waals surface area contributed by atoms with Crippen molar-refractivity contribution in [2.24, 2.45) is 0 Å². The van der Waals surface area contributed by atoms with Gasteiger partial charge in [-0.05, 0) is 29.8 Å². The van der Waals surface area contributed by atoms with Gasteiger partial charge >= 0.3 is 0 Å². The number of rotatable bonds is 4. The SMILES string of the molecule is COc1ccc(/C=C\C(=O)c2ccc[n+]([O-])c2)cc1. The van der Waals surface area contributed by atoms with E-state index in [4.69, 9.17) is 4.74 Å². The lowest BCUT2D eigenvalue weighted by Gasteiger charge is -1.99. The van der Waals surface area contributed by atoms with Crippen LogP contribution < -0.4 is 9.47 Å². The Morgan fingerprint density at radius 3 is 2.63 bits per heavy atom. The van der Waals surface area contributed by atoms with E-state index in [1.54, 1.807) is 25.3 Å². The molecule has 0 fully saturated rings. The average Bonchev–Trinajstić information content (AvgIpc) is 2.45. The number of benzene rings is 1. The third-order valence-corrected chi connectivity index (χ3v) is 2.60. The molecule has 0 bridgehead atoms. The van der Waals surface area contributed by atoms with E-state index in [1.807, 2.05) is 24.3 Å². The number of pyridine rings is 1. The highest BCUT2D eigenvalue weighted by molar-refractivity contribution is 6.06. The van der Waals surface area contributed by atoms with Gasteiger partial charge in [-0.25, -0.2) is 0 Å². The second kappa shape index (κ2) is 5.82. The van der Waals surface area contributed by atoms with Crippen molar-refractivity contribution in [3.63, 3.8) is 0 Å². The van der Waals surface area contributed by atoms with Gasteiger partial charge in [-0.3, -0.25) is 4.79 Å². The van der Waals surface area contributed by atoms with Crippen molar-refractivity contribution in [2.75, 3.05) is 7.11 Å². The highest BCUT2D eigenvalue weighted by atomic mass is 16.5. The monoisotopic (exact) mass is 255 g/mol. The molecule has 0 saturated carbocycles. The van der Waals surface area contributed by atoms with E-state index in [9.17, 15) is 10.0 Å². The van der Waals surface area contributed by atoms with Crippen LogP contribution in [0.5, 0.6) is 5.75 Å². The lowest BCUT2D eigenvalue weighted by Crippen LogP contribution is -2.25. The summed E-state index contributed by atoms with van der Waals surface area (Å²) in [7, 11) is 1.60. The molecule has 0 aliphatic rings. The number of ketones is 1. The Hall–Kier alpha value is -2.62. The van der Waals surface area contributed by atoms with Crippen LogP contribution in [0.25, 0.3) is 6.08 Å². The first kappa shape index (κ1) is 12.8. The van der Waals surface area contributed by atoms with E-state index in [1.165, 1.54) is 18.5 Å². The molecule has 0 radical (unpaired) electrons. The van der Waals surface area contributed by atoms with Crippen molar-refractivity contribution >= 4 is 11.9 Å². The zero-order chi connectivity index (χ0) is 13.7. The standard InChI is InChI=1S/C15H13NO3/c1-19-14-7-4-12(5-8-14)6-9-15(17)13-3-2-10-16(18)11-13/h2-11H,1H3/b9-6-. The molecular formula is C15H13NO3. The fourth-order valence-corrected chi connectivity index (χ4v) is 1.58. The minimum Gasteiger partial charge on any atom is -0.619 e.